The first-order valence-corrected chi connectivity index (χ1v) is 15.0. The summed E-state index contributed by atoms with van der Waals surface area (Å²) in [4.78, 5) is 53.4. The van der Waals surface area contributed by atoms with Gasteiger partial charge in [-0.05, 0) is 86.1 Å². The number of H-pyrrole nitrogens is 2. The molecule has 0 aromatic carbocycles. The molecule has 0 radical (unpaired) electrons. The molecule has 2 unspecified atom stereocenters. The van der Waals surface area contributed by atoms with Crippen molar-refractivity contribution in [3.05, 3.63) is 68.8 Å². The molecule has 0 aliphatic carbocycles. The number of hydrogen-bond acceptors (Lipinski definition) is 5. The Kier molecular flexibility index (Phi) is 8.20. The van der Waals surface area contributed by atoms with Crippen molar-refractivity contribution in [2.24, 2.45) is 0 Å². The average molecular weight is 599 g/mol. The fraction of sp³-hybridized carbons (Fsp3) is 0.382. The largest absolute Gasteiger partial charge is 0.481 e. The molecule has 10 nitrogen and oxygen atoms in total. The SMILES string of the molecule is CCc1c(C)c2cc3[nH]c(cc4nc(c(CC(=O)O)c5nc(cc1[nH]2)C(C)=C5C(=O)O)C(CCC(=O)O)C4C)c(C)c3CC. The summed E-state index contributed by atoms with van der Waals surface area (Å²) in [6, 6.07) is 5.89. The highest BCUT2D eigenvalue weighted by Gasteiger charge is 2.35. The zero-order valence-electron chi connectivity index (χ0n) is 25.9. The van der Waals surface area contributed by atoms with Crippen molar-refractivity contribution in [2.75, 3.05) is 0 Å². The molecule has 0 amide bonds. The molecule has 0 spiro atoms. The van der Waals surface area contributed by atoms with Crippen molar-refractivity contribution >= 4 is 51.1 Å². The number of aromatic amines is 2. The van der Waals surface area contributed by atoms with E-state index >= 15 is 0 Å². The average Bonchev–Trinajstić information content (AvgIpc) is 3.63. The zero-order chi connectivity index (χ0) is 32.0. The van der Waals surface area contributed by atoms with Crippen molar-refractivity contribution in [3.63, 3.8) is 0 Å². The summed E-state index contributed by atoms with van der Waals surface area (Å²) < 4.78 is 0. The van der Waals surface area contributed by atoms with Gasteiger partial charge in [0.15, 0.2) is 0 Å². The van der Waals surface area contributed by atoms with Gasteiger partial charge in [-0.15, -0.1) is 0 Å². The standard InChI is InChI=1S/C34H38N4O6/c1-7-19-15(3)23-12-25-17(5)21(9-10-29(39)40)32(37-25)22(11-30(41)42)33-31(34(43)44)18(6)26(38-33)14-28-20(8-2)16(4)24(36-28)13-27(19)35-23/h12-14,17,21,35-36H,7-11H2,1-6H3,(H,39,40)(H,41,42)(H,43,44). The molecule has 0 saturated heterocycles. The van der Waals surface area contributed by atoms with Crippen LogP contribution in [0.2, 0.25) is 0 Å². The van der Waals surface area contributed by atoms with Crippen LogP contribution in [-0.2, 0) is 33.6 Å². The molecule has 44 heavy (non-hydrogen) atoms. The number of aliphatic carboxylic acids is 3. The summed E-state index contributed by atoms with van der Waals surface area (Å²) >= 11 is 0. The number of aromatic nitrogens is 4. The summed E-state index contributed by atoms with van der Waals surface area (Å²) in [6.07, 6.45) is 1.10. The number of nitrogens with one attached hydrogen (secondary N) is 2. The molecule has 2 aliphatic heterocycles. The van der Waals surface area contributed by atoms with E-state index in [-0.39, 0.29) is 35.6 Å². The van der Waals surface area contributed by atoms with Crippen LogP contribution in [0.25, 0.3) is 33.2 Å². The van der Waals surface area contributed by atoms with Crippen molar-refractivity contribution in [1.29, 1.82) is 0 Å². The van der Waals surface area contributed by atoms with E-state index in [1.807, 2.05) is 19.1 Å². The topological polar surface area (TPSA) is 169 Å². The maximum atomic E-state index is 12.7. The van der Waals surface area contributed by atoms with Gasteiger partial charge in [0.1, 0.15) is 0 Å². The van der Waals surface area contributed by atoms with E-state index in [9.17, 15) is 29.7 Å². The Labute approximate surface area is 254 Å². The lowest BCUT2D eigenvalue weighted by atomic mass is 9.84. The smallest absolute Gasteiger partial charge is 0.338 e. The third-order valence-corrected chi connectivity index (χ3v) is 9.18. The van der Waals surface area contributed by atoms with Crippen molar-refractivity contribution < 1.29 is 29.7 Å². The Hall–Kier alpha value is -4.73. The molecule has 230 valence electrons. The summed E-state index contributed by atoms with van der Waals surface area (Å²) in [5.74, 6) is -4.05. The maximum absolute atomic E-state index is 12.7. The molecular formula is C34H38N4O6. The van der Waals surface area contributed by atoms with E-state index in [0.29, 0.717) is 22.7 Å². The molecule has 10 heteroatoms. The predicted octanol–water partition coefficient (Wildman–Crippen LogP) is 6.45. The molecule has 0 fully saturated rings. The van der Waals surface area contributed by atoms with Gasteiger partial charge in [0.2, 0.25) is 0 Å². The van der Waals surface area contributed by atoms with E-state index in [1.54, 1.807) is 6.92 Å². The van der Waals surface area contributed by atoms with E-state index < -0.39 is 30.2 Å². The maximum Gasteiger partial charge on any atom is 0.338 e. The fourth-order valence-electron chi connectivity index (χ4n) is 6.75. The highest BCUT2D eigenvalue weighted by atomic mass is 16.4. The van der Waals surface area contributed by atoms with Crippen LogP contribution in [0.15, 0.2) is 18.2 Å². The van der Waals surface area contributed by atoms with Gasteiger partial charge in [0, 0.05) is 51.6 Å². The fourth-order valence-corrected chi connectivity index (χ4v) is 6.75. The van der Waals surface area contributed by atoms with Gasteiger partial charge in [-0.3, -0.25) is 14.6 Å². The second-order valence-corrected chi connectivity index (χ2v) is 11.7. The van der Waals surface area contributed by atoms with Crippen molar-refractivity contribution in [2.45, 2.75) is 85.5 Å². The summed E-state index contributed by atoms with van der Waals surface area (Å²) in [7, 11) is 0. The molecule has 0 saturated carbocycles. The lowest BCUT2D eigenvalue weighted by Crippen LogP contribution is -2.13. The third kappa shape index (κ3) is 5.29. The van der Waals surface area contributed by atoms with Crippen LogP contribution >= 0.6 is 0 Å². The number of nitrogens with zero attached hydrogens (tertiary/aromatic N) is 2. The highest BCUT2D eigenvalue weighted by Crippen LogP contribution is 2.43. The molecule has 5 rings (SSSR count). The Morgan fingerprint density at radius 2 is 1.39 bits per heavy atom. The number of rotatable bonds is 8. The van der Waals surface area contributed by atoms with Crippen molar-refractivity contribution in [1.82, 2.24) is 19.9 Å². The zero-order valence-corrected chi connectivity index (χ0v) is 25.9. The minimum Gasteiger partial charge on any atom is -0.481 e. The van der Waals surface area contributed by atoms with Gasteiger partial charge in [-0.2, -0.15) is 0 Å². The van der Waals surface area contributed by atoms with Crippen LogP contribution in [0, 0.1) is 13.8 Å². The van der Waals surface area contributed by atoms with Gasteiger partial charge >= 0.3 is 17.9 Å². The molecule has 3 aromatic rings. The Morgan fingerprint density at radius 1 is 0.795 bits per heavy atom. The Balaban J connectivity index is 2.03. The van der Waals surface area contributed by atoms with Crippen LogP contribution in [-0.4, -0.2) is 53.2 Å². The van der Waals surface area contributed by atoms with E-state index in [1.165, 1.54) is 0 Å². The van der Waals surface area contributed by atoms with Crippen LogP contribution in [0.5, 0.6) is 0 Å². The number of carboxylic acid groups (broad SMARTS) is 3. The molecule has 8 bridgehead atoms. The van der Waals surface area contributed by atoms with Crippen LogP contribution in [0.4, 0.5) is 0 Å². The lowest BCUT2D eigenvalue weighted by molar-refractivity contribution is -0.138. The van der Waals surface area contributed by atoms with Crippen molar-refractivity contribution in [3.8, 4) is 0 Å². The molecule has 2 atom stereocenters. The summed E-state index contributed by atoms with van der Waals surface area (Å²) in [5, 5.41) is 29.9. The quantitative estimate of drug-likeness (QED) is 0.197. The van der Waals surface area contributed by atoms with E-state index in [2.05, 4.69) is 43.7 Å². The first-order valence-electron chi connectivity index (χ1n) is 15.0. The highest BCUT2D eigenvalue weighted by molar-refractivity contribution is 6.24. The van der Waals surface area contributed by atoms with Gasteiger partial charge in [0.25, 0.3) is 0 Å². The van der Waals surface area contributed by atoms with E-state index in [4.69, 9.17) is 9.97 Å². The normalized spacial score (nSPS) is 16.4. The monoisotopic (exact) mass is 598 g/mol. The molecular weight excluding hydrogens is 560 g/mol. The predicted molar refractivity (Wildman–Crippen MR) is 169 cm³/mol. The number of allylic oxidation sites excluding steroid dienone is 1. The molecule has 2 aliphatic rings. The van der Waals surface area contributed by atoms with Gasteiger partial charge in [-0.25, -0.2) is 9.78 Å². The molecule has 5 N–H and O–H groups in total. The Bertz CT molecular complexity index is 1910. The minimum absolute atomic E-state index is 0.0583. The number of carbonyl (C=O) groups is 3. The molecule has 3 aromatic heterocycles. The van der Waals surface area contributed by atoms with Crippen LogP contribution < -0.4 is 0 Å². The lowest BCUT2D eigenvalue weighted by Gasteiger charge is -2.17. The third-order valence-electron chi connectivity index (χ3n) is 9.18. The summed E-state index contributed by atoms with van der Waals surface area (Å²) in [5.41, 5.74) is 10.0. The minimum atomic E-state index is -1.22. The van der Waals surface area contributed by atoms with E-state index in [0.717, 1.165) is 57.2 Å². The number of aryl methyl sites for hydroxylation is 4. The first kappa shape index (κ1) is 30.7. The van der Waals surface area contributed by atoms with Gasteiger partial charge < -0.3 is 25.3 Å². The van der Waals surface area contributed by atoms with Gasteiger partial charge in [0.05, 0.1) is 29.1 Å². The van der Waals surface area contributed by atoms with Gasteiger partial charge in [-0.1, -0.05) is 20.8 Å². The van der Waals surface area contributed by atoms with Crippen LogP contribution in [0.3, 0.4) is 0 Å². The second-order valence-electron chi connectivity index (χ2n) is 11.7. The Morgan fingerprint density at radius 3 is 1.93 bits per heavy atom. The van der Waals surface area contributed by atoms with Crippen LogP contribution in [0.1, 0.15) is 103 Å². The number of hydrogen-bond donors (Lipinski definition) is 5. The first-order chi connectivity index (χ1) is 20.9. The number of carboxylic acids is 3. The molecule has 5 heterocycles. The summed E-state index contributed by atoms with van der Waals surface area (Å²) in [6.45, 7) is 11.9. The second kappa shape index (κ2) is 11.7. The number of fused-ring (bicyclic) bond motifs is 8.